The van der Waals surface area contributed by atoms with Crippen LogP contribution in [0.3, 0.4) is 0 Å². The molecule has 5 heteroatoms. The van der Waals surface area contributed by atoms with E-state index in [0.717, 1.165) is 30.0 Å². The third-order valence-corrected chi connectivity index (χ3v) is 3.73. The summed E-state index contributed by atoms with van der Waals surface area (Å²) in [6.07, 6.45) is -0.323. The van der Waals surface area contributed by atoms with Crippen LogP contribution in [0.1, 0.15) is 18.1 Å². The van der Waals surface area contributed by atoms with Crippen molar-refractivity contribution >= 4 is 11.6 Å². The molecule has 0 amide bonds. The molecule has 2 aromatic rings. The average Bonchev–Trinajstić information content (AvgIpc) is 2.58. The summed E-state index contributed by atoms with van der Waals surface area (Å²) in [7, 11) is 0. The van der Waals surface area contributed by atoms with E-state index in [1.54, 1.807) is 6.92 Å². The van der Waals surface area contributed by atoms with Crippen molar-refractivity contribution in [2.24, 2.45) is 0 Å². The zero-order valence-corrected chi connectivity index (χ0v) is 14.7. The lowest BCUT2D eigenvalue weighted by Crippen LogP contribution is -2.31. The lowest BCUT2D eigenvalue weighted by Gasteiger charge is -2.13. The fraction of sp³-hybridized carbons (Fsp3) is 0.368. The van der Waals surface area contributed by atoms with Crippen molar-refractivity contribution < 1.29 is 9.84 Å². The molecule has 4 nitrogen and oxygen atoms in total. The van der Waals surface area contributed by atoms with Crippen molar-refractivity contribution in [3.05, 3.63) is 64.7 Å². The molecular weight excluding hydrogens is 324 g/mol. The summed E-state index contributed by atoms with van der Waals surface area (Å²) < 4.78 is 5.94. The number of aliphatic hydroxyl groups is 1. The van der Waals surface area contributed by atoms with Gasteiger partial charge in [-0.05, 0) is 30.7 Å². The predicted octanol–water partition coefficient (Wildman–Crippen LogP) is 2.98. The van der Waals surface area contributed by atoms with Crippen LogP contribution in [0, 0.1) is 0 Å². The zero-order chi connectivity index (χ0) is 17.2. The minimum atomic E-state index is -0.323. The smallest absolute Gasteiger partial charge is 0.124 e. The molecular formula is C19H25ClN2O2. The number of ether oxygens (including phenoxy) is 1. The standard InChI is InChI=1S/C19H25ClN2O2/c1-15(23)12-21-9-10-22-13-17-11-18(20)7-8-19(17)24-14-16-5-3-2-4-6-16/h2-8,11,15,21-23H,9-10,12-14H2,1H3. The highest BCUT2D eigenvalue weighted by Crippen LogP contribution is 2.23. The van der Waals surface area contributed by atoms with Crippen LogP contribution in [0.15, 0.2) is 48.5 Å². The molecule has 24 heavy (non-hydrogen) atoms. The molecule has 0 heterocycles. The molecule has 0 radical (unpaired) electrons. The van der Waals surface area contributed by atoms with Gasteiger partial charge in [-0.15, -0.1) is 0 Å². The van der Waals surface area contributed by atoms with Crippen molar-refractivity contribution in [3.63, 3.8) is 0 Å². The zero-order valence-electron chi connectivity index (χ0n) is 14.0. The lowest BCUT2D eigenvalue weighted by molar-refractivity contribution is 0.191. The van der Waals surface area contributed by atoms with E-state index in [4.69, 9.17) is 16.3 Å². The third-order valence-electron chi connectivity index (χ3n) is 3.49. The van der Waals surface area contributed by atoms with Gasteiger partial charge in [-0.25, -0.2) is 0 Å². The lowest BCUT2D eigenvalue weighted by atomic mass is 10.2. The van der Waals surface area contributed by atoms with Gasteiger partial charge in [0.05, 0.1) is 6.10 Å². The highest BCUT2D eigenvalue weighted by atomic mass is 35.5. The van der Waals surface area contributed by atoms with Crippen LogP contribution in [-0.2, 0) is 13.2 Å². The molecule has 0 aliphatic rings. The van der Waals surface area contributed by atoms with E-state index in [1.807, 2.05) is 48.5 Å². The Morgan fingerprint density at radius 3 is 2.58 bits per heavy atom. The van der Waals surface area contributed by atoms with Gasteiger partial charge in [-0.2, -0.15) is 0 Å². The normalized spacial score (nSPS) is 12.1. The van der Waals surface area contributed by atoms with Gasteiger partial charge in [-0.3, -0.25) is 0 Å². The van der Waals surface area contributed by atoms with E-state index in [2.05, 4.69) is 10.6 Å². The molecule has 0 saturated carbocycles. The maximum Gasteiger partial charge on any atom is 0.124 e. The van der Waals surface area contributed by atoms with Crippen molar-refractivity contribution in [2.75, 3.05) is 19.6 Å². The Morgan fingerprint density at radius 1 is 1.08 bits per heavy atom. The first kappa shape index (κ1) is 18.7. The third kappa shape index (κ3) is 6.89. The summed E-state index contributed by atoms with van der Waals surface area (Å²) in [4.78, 5) is 0. The van der Waals surface area contributed by atoms with Crippen LogP contribution in [0.4, 0.5) is 0 Å². The van der Waals surface area contributed by atoms with Crippen LogP contribution in [0.2, 0.25) is 5.02 Å². The molecule has 2 rings (SSSR count). The molecule has 0 fully saturated rings. The number of halogens is 1. The van der Waals surface area contributed by atoms with Crippen molar-refractivity contribution in [2.45, 2.75) is 26.2 Å². The van der Waals surface area contributed by atoms with Gasteiger partial charge in [0.15, 0.2) is 0 Å². The van der Waals surface area contributed by atoms with Crippen LogP contribution in [-0.4, -0.2) is 30.8 Å². The molecule has 1 atom stereocenters. The molecule has 0 saturated heterocycles. The fourth-order valence-corrected chi connectivity index (χ4v) is 2.47. The number of rotatable bonds is 10. The highest BCUT2D eigenvalue weighted by molar-refractivity contribution is 6.30. The first-order valence-electron chi connectivity index (χ1n) is 8.20. The average molecular weight is 349 g/mol. The first-order valence-corrected chi connectivity index (χ1v) is 8.57. The van der Waals surface area contributed by atoms with Gasteiger partial charge >= 0.3 is 0 Å². The number of nitrogens with one attached hydrogen (secondary N) is 2. The Hall–Kier alpha value is -1.59. The van der Waals surface area contributed by atoms with E-state index in [0.29, 0.717) is 24.7 Å². The molecule has 3 N–H and O–H groups in total. The fourth-order valence-electron chi connectivity index (χ4n) is 2.27. The number of aliphatic hydroxyl groups excluding tert-OH is 1. The van der Waals surface area contributed by atoms with E-state index in [-0.39, 0.29) is 6.10 Å². The molecule has 0 aromatic heterocycles. The van der Waals surface area contributed by atoms with E-state index in [1.165, 1.54) is 0 Å². The first-order chi connectivity index (χ1) is 11.6. The van der Waals surface area contributed by atoms with E-state index in [9.17, 15) is 5.11 Å². The number of hydrogen-bond acceptors (Lipinski definition) is 4. The minimum Gasteiger partial charge on any atom is -0.489 e. The molecule has 0 aliphatic carbocycles. The highest BCUT2D eigenvalue weighted by Gasteiger charge is 2.05. The van der Waals surface area contributed by atoms with Gasteiger partial charge < -0.3 is 20.5 Å². The SMILES string of the molecule is CC(O)CNCCNCc1cc(Cl)ccc1OCc1ccccc1. The molecule has 0 spiro atoms. The Kier molecular flexibility index (Phi) is 8.05. The Labute approximate surface area is 148 Å². The van der Waals surface area contributed by atoms with Gasteiger partial charge in [0.25, 0.3) is 0 Å². The van der Waals surface area contributed by atoms with Crippen LogP contribution < -0.4 is 15.4 Å². The summed E-state index contributed by atoms with van der Waals surface area (Å²) >= 11 is 6.11. The monoisotopic (exact) mass is 348 g/mol. The molecule has 0 bridgehead atoms. The Morgan fingerprint density at radius 2 is 1.83 bits per heavy atom. The number of hydrogen-bond donors (Lipinski definition) is 3. The van der Waals surface area contributed by atoms with Crippen LogP contribution >= 0.6 is 11.6 Å². The Bertz CT molecular complexity index is 606. The summed E-state index contributed by atoms with van der Waals surface area (Å²) in [5, 5.41) is 16.4. The Balaban J connectivity index is 1.83. The molecule has 0 aliphatic heterocycles. The summed E-state index contributed by atoms with van der Waals surface area (Å²) in [6, 6.07) is 15.8. The number of benzene rings is 2. The summed E-state index contributed by atoms with van der Waals surface area (Å²) in [5.74, 6) is 0.840. The minimum absolute atomic E-state index is 0.323. The topological polar surface area (TPSA) is 53.5 Å². The van der Waals surface area contributed by atoms with Gasteiger partial charge in [0.1, 0.15) is 12.4 Å². The summed E-state index contributed by atoms with van der Waals surface area (Å²) in [5.41, 5.74) is 2.17. The van der Waals surface area contributed by atoms with Crippen LogP contribution in [0.5, 0.6) is 5.75 Å². The second-order valence-corrected chi connectivity index (χ2v) is 6.19. The van der Waals surface area contributed by atoms with Crippen molar-refractivity contribution in [1.82, 2.24) is 10.6 Å². The predicted molar refractivity (Wildman–Crippen MR) is 98.5 cm³/mol. The van der Waals surface area contributed by atoms with Gasteiger partial charge in [0, 0.05) is 36.8 Å². The maximum atomic E-state index is 9.19. The quantitative estimate of drug-likeness (QED) is 0.578. The molecule has 2 aromatic carbocycles. The largest absolute Gasteiger partial charge is 0.489 e. The van der Waals surface area contributed by atoms with E-state index >= 15 is 0 Å². The van der Waals surface area contributed by atoms with E-state index < -0.39 is 0 Å². The maximum absolute atomic E-state index is 9.19. The van der Waals surface area contributed by atoms with Crippen LogP contribution in [0.25, 0.3) is 0 Å². The summed E-state index contributed by atoms with van der Waals surface area (Å²) in [6.45, 7) is 5.18. The van der Waals surface area contributed by atoms with Gasteiger partial charge in [-0.1, -0.05) is 41.9 Å². The van der Waals surface area contributed by atoms with Crippen molar-refractivity contribution in [1.29, 1.82) is 0 Å². The molecule has 1 unspecified atom stereocenters. The second kappa shape index (κ2) is 10.3. The van der Waals surface area contributed by atoms with Gasteiger partial charge in [0.2, 0.25) is 0 Å². The second-order valence-electron chi connectivity index (χ2n) is 5.76. The van der Waals surface area contributed by atoms with Crippen molar-refractivity contribution in [3.8, 4) is 5.75 Å². The molecule has 130 valence electrons.